The van der Waals surface area contributed by atoms with Gasteiger partial charge in [0.15, 0.2) is 11.5 Å². The lowest BCUT2D eigenvalue weighted by Crippen LogP contribution is -2.03. The maximum Gasteiger partial charge on any atom is 0.161 e. The van der Waals surface area contributed by atoms with E-state index in [1.165, 1.54) is 5.56 Å². The highest BCUT2D eigenvalue weighted by Gasteiger charge is 2.11. The molecule has 0 aliphatic rings. The Labute approximate surface area is 141 Å². The van der Waals surface area contributed by atoms with Crippen LogP contribution in [0.1, 0.15) is 11.1 Å². The number of nitrogens with zero attached hydrogens (tertiary/aromatic N) is 2. The van der Waals surface area contributed by atoms with Crippen LogP contribution >= 0.6 is 0 Å². The largest absolute Gasteiger partial charge is 0.493 e. The number of rotatable bonds is 6. The Morgan fingerprint density at radius 2 is 1.79 bits per heavy atom. The Hall–Kier alpha value is -2.79. The van der Waals surface area contributed by atoms with Crippen molar-refractivity contribution in [1.29, 1.82) is 0 Å². The lowest BCUT2D eigenvalue weighted by atomic mass is 10.1. The van der Waals surface area contributed by atoms with Gasteiger partial charge < -0.3 is 19.8 Å². The second-order valence-electron chi connectivity index (χ2n) is 5.47. The molecule has 5 heteroatoms. The first kappa shape index (κ1) is 16.1. The van der Waals surface area contributed by atoms with Gasteiger partial charge in [-0.1, -0.05) is 24.3 Å². The van der Waals surface area contributed by atoms with Gasteiger partial charge in [0.2, 0.25) is 0 Å². The summed E-state index contributed by atoms with van der Waals surface area (Å²) < 4.78 is 12.8. The summed E-state index contributed by atoms with van der Waals surface area (Å²) in [5.41, 5.74) is 9.02. The zero-order valence-corrected chi connectivity index (χ0v) is 13.9. The molecule has 3 aromatic rings. The highest BCUT2D eigenvalue weighted by molar-refractivity contribution is 5.61. The number of nitrogens with two attached hydrogens (primary N) is 1. The molecule has 5 nitrogen and oxygen atoms in total. The minimum absolute atomic E-state index is 0.542. The van der Waals surface area contributed by atoms with Crippen LogP contribution in [0.5, 0.6) is 11.5 Å². The van der Waals surface area contributed by atoms with Gasteiger partial charge in [0, 0.05) is 31.0 Å². The molecule has 0 saturated heterocycles. The second kappa shape index (κ2) is 7.19. The van der Waals surface area contributed by atoms with Gasteiger partial charge in [-0.25, -0.2) is 4.98 Å². The molecule has 0 radical (unpaired) electrons. The van der Waals surface area contributed by atoms with Crippen LogP contribution in [0.2, 0.25) is 0 Å². The molecule has 3 rings (SSSR count). The SMILES string of the molecule is COc1ccc(-c2nccn2Cc2cccc(CN)c2)cc1OC. The van der Waals surface area contributed by atoms with Gasteiger partial charge in [-0.05, 0) is 29.3 Å². The topological polar surface area (TPSA) is 62.3 Å². The standard InChI is InChI=1S/C19H21N3O2/c1-23-17-7-6-16(11-18(17)24-2)19-21-8-9-22(19)13-15-5-3-4-14(10-15)12-20/h3-11H,12-13,20H2,1-2H3. The molecule has 1 heterocycles. The molecule has 24 heavy (non-hydrogen) atoms. The normalized spacial score (nSPS) is 10.6. The average Bonchev–Trinajstić information content (AvgIpc) is 3.09. The molecule has 2 N–H and O–H groups in total. The molecule has 1 aromatic heterocycles. The molecular weight excluding hydrogens is 302 g/mol. The number of ether oxygens (including phenoxy) is 2. The third kappa shape index (κ3) is 3.26. The van der Waals surface area contributed by atoms with Gasteiger partial charge in [-0.15, -0.1) is 0 Å². The highest BCUT2D eigenvalue weighted by atomic mass is 16.5. The first-order valence-corrected chi connectivity index (χ1v) is 7.76. The first-order chi connectivity index (χ1) is 11.7. The summed E-state index contributed by atoms with van der Waals surface area (Å²) in [5.74, 6) is 2.28. The molecule has 0 spiro atoms. The van der Waals surface area contributed by atoms with Crippen molar-refractivity contribution >= 4 is 0 Å². The van der Waals surface area contributed by atoms with Gasteiger partial charge in [0.05, 0.1) is 14.2 Å². The number of imidazole rings is 1. The van der Waals surface area contributed by atoms with E-state index in [0.717, 1.165) is 23.5 Å². The number of aromatic nitrogens is 2. The van der Waals surface area contributed by atoms with Gasteiger partial charge in [0.1, 0.15) is 5.82 Å². The average molecular weight is 323 g/mol. The summed E-state index contributed by atoms with van der Waals surface area (Å²) in [6.07, 6.45) is 3.78. The van der Waals surface area contributed by atoms with Gasteiger partial charge >= 0.3 is 0 Å². The summed E-state index contributed by atoms with van der Waals surface area (Å²) in [5, 5.41) is 0. The number of methoxy groups -OCH3 is 2. The Morgan fingerprint density at radius 1 is 1.00 bits per heavy atom. The smallest absolute Gasteiger partial charge is 0.161 e. The fraction of sp³-hybridized carbons (Fsp3) is 0.211. The van der Waals surface area contributed by atoms with Crippen molar-refractivity contribution in [2.75, 3.05) is 14.2 Å². The van der Waals surface area contributed by atoms with Crippen LogP contribution in [-0.2, 0) is 13.1 Å². The number of benzene rings is 2. The first-order valence-electron chi connectivity index (χ1n) is 7.76. The van der Waals surface area contributed by atoms with Gasteiger partial charge in [-0.2, -0.15) is 0 Å². The Kier molecular flexibility index (Phi) is 4.82. The van der Waals surface area contributed by atoms with Crippen molar-refractivity contribution in [3.05, 3.63) is 66.0 Å². The van der Waals surface area contributed by atoms with Crippen molar-refractivity contribution in [3.8, 4) is 22.9 Å². The summed E-state index contributed by atoms with van der Waals surface area (Å²) in [6, 6.07) is 14.1. The van der Waals surface area contributed by atoms with Crippen molar-refractivity contribution in [1.82, 2.24) is 9.55 Å². The summed E-state index contributed by atoms with van der Waals surface area (Å²) in [4.78, 5) is 4.50. The third-order valence-corrected chi connectivity index (χ3v) is 3.94. The molecule has 0 aliphatic carbocycles. The zero-order valence-electron chi connectivity index (χ0n) is 13.9. The van der Waals surface area contributed by atoms with E-state index in [2.05, 4.69) is 21.7 Å². The molecule has 0 fully saturated rings. The summed E-state index contributed by atoms with van der Waals surface area (Å²) >= 11 is 0. The van der Waals surface area contributed by atoms with Crippen molar-refractivity contribution in [2.45, 2.75) is 13.1 Å². The van der Waals surface area contributed by atoms with Crippen LogP contribution < -0.4 is 15.2 Å². The van der Waals surface area contributed by atoms with Crippen LogP contribution in [-0.4, -0.2) is 23.8 Å². The van der Waals surface area contributed by atoms with Gasteiger partial charge in [-0.3, -0.25) is 0 Å². The molecule has 0 atom stereocenters. The van der Waals surface area contributed by atoms with Crippen molar-refractivity contribution in [2.24, 2.45) is 5.73 Å². The van der Waals surface area contributed by atoms with E-state index in [-0.39, 0.29) is 0 Å². The summed E-state index contributed by atoms with van der Waals surface area (Å²) in [6.45, 7) is 1.28. The molecule has 0 aliphatic heterocycles. The molecule has 2 aromatic carbocycles. The second-order valence-corrected chi connectivity index (χ2v) is 5.47. The number of hydrogen-bond acceptors (Lipinski definition) is 4. The molecular formula is C19H21N3O2. The third-order valence-electron chi connectivity index (χ3n) is 3.94. The van der Waals surface area contributed by atoms with E-state index in [0.29, 0.717) is 18.0 Å². The van der Waals surface area contributed by atoms with Crippen LogP contribution in [0, 0.1) is 0 Å². The van der Waals surface area contributed by atoms with Crippen LogP contribution in [0.25, 0.3) is 11.4 Å². The minimum Gasteiger partial charge on any atom is -0.493 e. The lowest BCUT2D eigenvalue weighted by Gasteiger charge is -2.12. The maximum absolute atomic E-state index is 5.73. The monoisotopic (exact) mass is 323 g/mol. The van der Waals surface area contributed by atoms with Crippen LogP contribution in [0.4, 0.5) is 0 Å². The van der Waals surface area contributed by atoms with E-state index >= 15 is 0 Å². The molecule has 124 valence electrons. The summed E-state index contributed by atoms with van der Waals surface area (Å²) in [7, 11) is 3.26. The van der Waals surface area contributed by atoms with Crippen LogP contribution in [0.3, 0.4) is 0 Å². The van der Waals surface area contributed by atoms with E-state index < -0.39 is 0 Å². The van der Waals surface area contributed by atoms with E-state index in [1.807, 2.05) is 36.5 Å². The fourth-order valence-corrected chi connectivity index (χ4v) is 2.72. The van der Waals surface area contributed by atoms with E-state index in [1.54, 1.807) is 20.4 Å². The number of hydrogen-bond donors (Lipinski definition) is 1. The Bertz CT molecular complexity index is 827. The van der Waals surface area contributed by atoms with Gasteiger partial charge in [0.25, 0.3) is 0 Å². The fourth-order valence-electron chi connectivity index (χ4n) is 2.72. The Balaban J connectivity index is 1.93. The van der Waals surface area contributed by atoms with E-state index in [4.69, 9.17) is 15.2 Å². The molecule has 0 amide bonds. The van der Waals surface area contributed by atoms with E-state index in [9.17, 15) is 0 Å². The predicted octanol–water partition coefficient (Wildman–Crippen LogP) is 3.07. The molecule has 0 saturated carbocycles. The minimum atomic E-state index is 0.542. The maximum atomic E-state index is 5.73. The highest BCUT2D eigenvalue weighted by Crippen LogP contribution is 2.31. The molecule has 0 unspecified atom stereocenters. The molecule has 0 bridgehead atoms. The quantitative estimate of drug-likeness (QED) is 0.757. The predicted molar refractivity (Wildman–Crippen MR) is 94.2 cm³/mol. The van der Waals surface area contributed by atoms with Crippen LogP contribution in [0.15, 0.2) is 54.9 Å². The van der Waals surface area contributed by atoms with Crippen molar-refractivity contribution in [3.63, 3.8) is 0 Å². The Morgan fingerprint density at radius 3 is 2.54 bits per heavy atom. The van der Waals surface area contributed by atoms with Crippen molar-refractivity contribution < 1.29 is 9.47 Å². The lowest BCUT2D eigenvalue weighted by molar-refractivity contribution is 0.355. The zero-order chi connectivity index (χ0) is 16.9.